The summed E-state index contributed by atoms with van der Waals surface area (Å²) in [4.78, 5) is 42.3. The first-order valence-electron chi connectivity index (χ1n) is 10.9. The van der Waals surface area contributed by atoms with Gasteiger partial charge in [-0.05, 0) is 59.7 Å². The summed E-state index contributed by atoms with van der Waals surface area (Å²) in [5, 5.41) is 4.90. The molecule has 2 saturated heterocycles. The van der Waals surface area contributed by atoms with Crippen LogP contribution in [0.2, 0.25) is 0 Å². The first-order valence-corrected chi connectivity index (χ1v) is 11.8. The smallest absolute Gasteiger partial charge is 0.255 e. The maximum Gasteiger partial charge on any atom is 0.255 e. The number of nitrogens with zero attached hydrogens (tertiary/aromatic N) is 2. The summed E-state index contributed by atoms with van der Waals surface area (Å²) in [6, 6.07) is 16.4. The molecule has 0 aliphatic carbocycles. The summed E-state index contributed by atoms with van der Waals surface area (Å²) in [5.41, 5.74) is 9.49. The average Bonchev–Trinajstić information content (AvgIpc) is 3.52. The lowest BCUT2D eigenvalue weighted by Gasteiger charge is -2.36. The molecule has 2 aliphatic heterocycles. The SMILES string of the molecule is Nc1ccc(-c2cccs2)cc1NC(=O)c1ccc(CN2CC(=O)N3CCCC3C2=O)cc1. The summed E-state index contributed by atoms with van der Waals surface area (Å²) >= 11 is 1.62. The number of hydrogen-bond acceptors (Lipinski definition) is 5. The Morgan fingerprint density at radius 3 is 2.70 bits per heavy atom. The number of carbonyl (C=O) groups excluding carboxylic acids is 3. The van der Waals surface area contributed by atoms with E-state index in [0.717, 1.165) is 28.8 Å². The van der Waals surface area contributed by atoms with Gasteiger partial charge in [0.15, 0.2) is 0 Å². The molecule has 0 saturated carbocycles. The standard InChI is InChI=1S/C25H24N4O3S/c26-19-10-9-18(22-4-2-12-33-22)13-20(19)27-24(31)17-7-5-16(6-8-17)14-28-15-23(30)29-11-1-3-21(29)25(28)32/h2,4-10,12-13,21H,1,3,11,14-15,26H2,(H,27,31). The number of anilines is 2. The van der Waals surface area contributed by atoms with Crippen molar-refractivity contribution < 1.29 is 14.4 Å². The lowest BCUT2D eigenvalue weighted by molar-refractivity contribution is -0.154. The monoisotopic (exact) mass is 460 g/mol. The molecule has 2 fully saturated rings. The molecule has 3 heterocycles. The van der Waals surface area contributed by atoms with E-state index < -0.39 is 0 Å². The normalized spacial score (nSPS) is 17.9. The minimum atomic E-state index is -0.313. The van der Waals surface area contributed by atoms with E-state index >= 15 is 0 Å². The van der Waals surface area contributed by atoms with Crippen molar-refractivity contribution in [1.29, 1.82) is 0 Å². The summed E-state index contributed by atoms with van der Waals surface area (Å²) in [7, 11) is 0. The van der Waals surface area contributed by atoms with E-state index in [4.69, 9.17) is 5.73 Å². The van der Waals surface area contributed by atoms with Gasteiger partial charge in [0.25, 0.3) is 5.91 Å². The van der Waals surface area contributed by atoms with Gasteiger partial charge in [0.1, 0.15) is 12.6 Å². The minimum Gasteiger partial charge on any atom is -0.397 e. The number of fused-ring (bicyclic) bond motifs is 1. The van der Waals surface area contributed by atoms with Crippen molar-refractivity contribution in [3.63, 3.8) is 0 Å². The molecule has 0 bridgehead atoms. The third-order valence-electron chi connectivity index (χ3n) is 6.19. The maximum atomic E-state index is 12.8. The first kappa shape index (κ1) is 21.2. The van der Waals surface area contributed by atoms with Gasteiger partial charge in [0.2, 0.25) is 11.8 Å². The highest BCUT2D eigenvalue weighted by molar-refractivity contribution is 7.13. The highest BCUT2D eigenvalue weighted by atomic mass is 32.1. The Labute approximate surface area is 195 Å². The number of nitrogens with two attached hydrogens (primary N) is 1. The van der Waals surface area contributed by atoms with E-state index in [2.05, 4.69) is 5.32 Å². The quantitative estimate of drug-likeness (QED) is 0.569. The average molecular weight is 461 g/mol. The number of benzene rings is 2. The van der Waals surface area contributed by atoms with Crippen molar-refractivity contribution in [3.8, 4) is 10.4 Å². The van der Waals surface area contributed by atoms with E-state index in [0.29, 0.717) is 30.0 Å². The minimum absolute atomic E-state index is 0.00928. The van der Waals surface area contributed by atoms with Gasteiger partial charge in [-0.2, -0.15) is 0 Å². The van der Waals surface area contributed by atoms with Crippen molar-refractivity contribution in [1.82, 2.24) is 9.80 Å². The molecular weight excluding hydrogens is 436 g/mol. The number of piperazine rings is 1. The molecule has 2 aromatic carbocycles. The Kier molecular flexibility index (Phi) is 5.60. The zero-order valence-electron chi connectivity index (χ0n) is 18.0. The van der Waals surface area contributed by atoms with E-state index in [1.54, 1.807) is 39.3 Å². The number of thiophene rings is 1. The van der Waals surface area contributed by atoms with Crippen LogP contribution in [0.15, 0.2) is 60.0 Å². The zero-order chi connectivity index (χ0) is 22.9. The number of amides is 3. The van der Waals surface area contributed by atoms with Crippen LogP contribution in [0, 0.1) is 0 Å². The van der Waals surface area contributed by atoms with Crippen molar-refractivity contribution in [3.05, 3.63) is 71.1 Å². The van der Waals surface area contributed by atoms with E-state index in [1.165, 1.54) is 0 Å². The number of nitrogen functional groups attached to an aromatic ring is 1. The van der Waals surface area contributed by atoms with Crippen molar-refractivity contribution in [2.75, 3.05) is 24.1 Å². The molecule has 8 heteroatoms. The van der Waals surface area contributed by atoms with Crippen LogP contribution in [0.5, 0.6) is 0 Å². The Balaban J connectivity index is 1.26. The fraction of sp³-hybridized carbons (Fsp3) is 0.240. The van der Waals surface area contributed by atoms with Crippen LogP contribution in [0.3, 0.4) is 0 Å². The Hall–Kier alpha value is -3.65. The largest absolute Gasteiger partial charge is 0.397 e. The third kappa shape index (κ3) is 4.21. The van der Waals surface area contributed by atoms with Crippen LogP contribution in [0.4, 0.5) is 11.4 Å². The Morgan fingerprint density at radius 2 is 1.94 bits per heavy atom. The lowest BCUT2D eigenvalue weighted by atomic mass is 10.1. The summed E-state index contributed by atoms with van der Waals surface area (Å²) < 4.78 is 0. The molecular formula is C25H24N4O3S. The second-order valence-electron chi connectivity index (χ2n) is 8.37. The number of hydrogen-bond donors (Lipinski definition) is 2. The van der Waals surface area contributed by atoms with Gasteiger partial charge < -0.3 is 20.9 Å². The highest BCUT2D eigenvalue weighted by Crippen LogP contribution is 2.30. The predicted molar refractivity (Wildman–Crippen MR) is 129 cm³/mol. The van der Waals surface area contributed by atoms with Crippen LogP contribution in [0.1, 0.15) is 28.8 Å². The van der Waals surface area contributed by atoms with E-state index in [9.17, 15) is 14.4 Å². The number of nitrogens with one attached hydrogen (secondary N) is 1. The van der Waals surface area contributed by atoms with E-state index in [1.807, 2.05) is 41.8 Å². The number of rotatable bonds is 5. The van der Waals surface area contributed by atoms with Gasteiger partial charge >= 0.3 is 0 Å². The molecule has 0 radical (unpaired) electrons. The molecule has 1 atom stereocenters. The molecule has 0 spiro atoms. The zero-order valence-corrected chi connectivity index (χ0v) is 18.8. The van der Waals surface area contributed by atoms with Gasteiger partial charge in [-0.25, -0.2) is 0 Å². The molecule has 168 valence electrons. The molecule has 3 amide bonds. The van der Waals surface area contributed by atoms with Crippen LogP contribution in [-0.4, -0.2) is 46.7 Å². The Bertz CT molecular complexity index is 1210. The predicted octanol–water partition coefficient (Wildman–Crippen LogP) is 3.58. The van der Waals surface area contributed by atoms with Crippen molar-refractivity contribution in [2.24, 2.45) is 0 Å². The molecule has 3 aromatic rings. The molecule has 7 nitrogen and oxygen atoms in total. The first-order chi connectivity index (χ1) is 16.0. The van der Waals surface area contributed by atoms with Crippen LogP contribution in [-0.2, 0) is 16.1 Å². The van der Waals surface area contributed by atoms with Gasteiger partial charge in [-0.3, -0.25) is 14.4 Å². The summed E-state index contributed by atoms with van der Waals surface area (Å²) in [5.74, 6) is -0.243. The molecule has 2 aliphatic rings. The van der Waals surface area contributed by atoms with Gasteiger partial charge in [0, 0.05) is 23.5 Å². The van der Waals surface area contributed by atoms with Crippen LogP contribution in [0.25, 0.3) is 10.4 Å². The lowest BCUT2D eigenvalue weighted by Crippen LogP contribution is -2.56. The summed E-state index contributed by atoms with van der Waals surface area (Å²) in [6.07, 6.45) is 1.61. The van der Waals surface area contributed by atoms with Crippen molar-refractivity contribution in [2.45, 2.75) is 25.4 Å². The molecule has 1 aromatic heterocycles. The second-order valence-corrected chi connectivity index (χ2v) is 9.32. The van der Waals surface area contributed by atoms with Crippen LogP contribution >= 0.6 is 11.3 Å². The highest BCUT2D eigenvalue weighted by Gasteiger charge is 2.41. The fourth-order valence-corrected chi connectivity index (χ4v) is 5.16. The molecule has 33 heavy (non-hydrogen) atoms. The van der Waals surface area contributed by atoms with Crippen LogP contribution < -0.4 is 11.1 Å². The van der Waals surface area contributed by atoms with Gasteiger partial charge in [-0.1, -0.05) is 24.3 Å². The van der Waals surface area contributed by atoms with Crippen molar-refractivity contribution >= 4 is 40.4 Å². The maximum absolute atomic E-state index is 12.8. The molecule has 3 N–H and O–H groups in total. The third-order valence-corrected chi connectivity index (χ3v) is 7.11. The Morgan fingerprint density at radius 1 is 1.12 bits per heavy atom. The van der Waals surface area contributed by atoms with E-state index in [-0.39, 0.29) is 30.3 Å². The number of carbonyl (C=O) groups is 3. The molecule has 5 rings (SSSR count). The van der Waals surface area contributed by atoms with Gasteiger partial charge in [-0.15, -0.1) is 11.3 Å². The molecule has 1 unspecified atom stereocenters. The fourth-order valence-electron chi connectivity index (χ4n) is 4.44. The summed E-state index contributed by atoms with van der Waals surface area (Å²) in [6.45, 7) is 1.14. The second kappa shape index (κ2) is 8.71. The topological polar surface area (TPSA) is 95.7 Å². The van der Waals surface area contributed by atoms with Gasteiger partial charge in [0.05, 0.1) is 11.4 Å².